The topological polar surface area (TPSA) is 112 Å². The Hall–Kier alpha value is -2.98. The Labute approximate surface area is 212 Å². The van der Waals surface area contributed by atoms with Gasteiger partial charge in [-0.15, -0.1) is 0 Å². The third-order valence-corrected chi connectivity index (χ3v) is 7.97. The minimum Gasteiger partial charge on any atom is -0.476 e. The third kappa shape index (κ3) is 5.87. The summed E-state index contributed by atoms with van der Waals surface area (Å²) in [6.07, 6.45) is 3.42. The molecule has 1 saturated heterocycles. The molecule has 3 aromatic rings. The zero-order valence-corrected chi connectivity index (χ0v) is 22.1. The number of benzene rings is 1. The molecule has 0 unspecified atom stereocenters. The Morgan fingerprint density at radius 3 is 2.58 bits per heavy atom. The van der Waals surface area contributed by atoms with Crippen LogP contribution in [0.15, 0.2) is 46.3 Å². The van der Waals surface area contributed by atoms with Gasteiger partial charge in [-0.05, 0) is 43.0 Å². The van der Waals surface area contributed by atoms with Crippen LogP contribution < -0.4 is 10.1 Å². The summed E-state index contributed by atoms with van der Waals surface area (Å²) in [6.45, 7) is 10.7. The molecule has 1 aliphatic heterocycles. The van der Waals surface area contributed by atoms with Gasteiger partial charge in [0.05, 0.1) is 27.4 Å². The molecule has 1 N–H and O–H groups in total. The van der Waals surface area contributed by atoms with Crippen molar-refractivity contribution in [1.82, 2.24) is 19.9 Å². The number of nitrogens with zero attached hydrogens (tertiary/aromatic N) is 3. The van der Waals surface area contributed by atoms with Gasteiger partial charge in [0.15, 0.2) is 0 Å². The van der Waals surface area contributed by atoms with Crippen molar-refractivity contribution in [3.05, 3.63) is 42.4 Å². The van der Waals surface area contributed by atoms with Crippen molar-refractivity contribution in [2.24, 2.45) is 5.92 Å². The predicted molar refractivity (Wildman–Crippen MR) is 136 cm³/mol. The molecule has 0 radical (unpaired) electrons. The molecule has 0 bridgehead atoms. The van der Waals surface area contributed by atoms with Gasteiger partial charge >= 0.3 is 0 Å². The average Bonchev–Trinajstić information content (AvgIpc) is 3.21. The molecular weight excluding hydrogens is 480 g/mol. The predicted octanol–water partition coefficient (Wildman–Crippen LogP) is 3.50. The van der Waals surface area contributed by atoms with Crippen LogP contribution in [-0.4, -0.2) is 55.2 Å². The van der Waals surface area contributed by atoms with Gasteiger partial charge < -0.3 is 19.4 Å². The highest BCUT2D eigenvalue weighted by molar-refractivity contribution is 7.91. The lowest BCUT2D eigenvalue weighted by atomic mass is 9.94. The number of nitrogens with one attached hydrogen (secondary N) is 1. The highest BCUT2D eigenvalue weighted by Gasteiger charge is 2.27. The van der Waals surface area contributed by atoms with E-state index in [2.05, 4.69) is 35.6 Å². The van der Waals surface area contributed by atoms with Crippen molar-refractivity contribution >= 4 is 26.8 Å². The lowest BCUT2D eigenvalue weighted by Crippen LogP contribution is -2.25. The van der Waals surface area contributed by atoms with E-state index in [0.29, 0.717) is 18.0 Å². The smallest absolute Gasteiger partial charge is 0.216 e. The molecule has 36 heavy (non-hydrogen) atoms. The van der Waals surface area contributed by atoms with E-state index in [1.807, 2.05) is 6.07 Å². The van der Waals surface area contributed by atoms with E-state index in [1.54, 1.807) is 12.1 Å². The van der Waals surface area contributed by atoms with Crippen LogP contribution in [0.25, 0.3) is 11.0 Å². The Kier molecular flexibility index (Phi) is 7.65. The number of fused-ring (bicyclic) bond motifs is 1. The van der Waals surface area contributed by atoms with Crippen LogP contribution in [0.1, 0.15) is 46.4 Å². The number of hydrogen-bond donors (Lipinski definition) is 1. The number of aromatic nitrogens is 3. The number of sulfone groups is 1. The molecular formula is C26H34N4O5S. The Balaban J connectivity index is 1.64. The molecule has 194 valence electrons. The van der Waals surface area contributed by atoms with Crippen LogP contribution in [0.4, 0.5) is 0 Å². The number of carbonyl (C=O) groups is 1. The van der Waals surface area contributed by atoms with Crippen LogP contribution in [-0.2, 0) is 31.3 Å². The van der Waals surface area contributed by atoms with Crippen LogP contribution >= 0.6 is 0 Å². The van der Waals surface area contributed by atoms with Crippen molar-refractivity contribution < 1.29 is 22.7 Å². The fraction of sp³-hybridized carbons (Fsp3) is 0.500. The maximum atomic E-state index is 13.5. The second-order valence-corrected chi connectivity index (χ2v) is 12.1. The summed E-state index contributed by atoms with van der Waals surface area (Å²) in [6, 6.07) is 8.00. The molecule has 1 amide bonds. The first-order chi connectivity index (χ1) is 17.1. The summed E-state index contributed by atoms with van der Waals surface area (Å²) < 4.78 is 40.2. The minimum absolute atomic E-state index is 0.0871. The summed E-state index contributed by atoms with van der Waals surface area (Å²) in [5.74, 6) is 1.46. The second kappa shape index (κ2) is 10.6. The van der Waals surface area contributed by atoms with Crippen molar-refractivity contribution in [2.45, 2.75) is 62.3 Å². The van der Waals surface area contributed by atoms with Crippen molar-refractivity contribution in [3.8, 4) is 5.88 Å². The van der Waals surface area contributed by atoms with E-state index in [9.17, 15) is 13.2 Å². The summed E-state index contributed by atoms with van der Waals surface area (Å²) in [4.78, 5) is 20.2. The highest BCUT2D eigenvalue weighted by atomic mass is 32.2. The normalized spacial score (nSPS) is 15.2. The Morgan fingerprint density at radius 1 is 1.17 bits per heavy atom. The van der Waals surface area contributed by atoms with Gasteiger partial charge in [0.2, 0.25) is 21.6 Å². The standard InChI is InChI=1S/C26H34N4O5S/c1-18(31)27-11-14-35-24-16-21(7-10-28-24)36(32,33)20-5-6-23-22(15-20)29-25(26(2,3)4)30(23)17-19-8-12-34-13-9-19/h5-7,10,15-16,19H,8-9,11-14,17H2,1-4H3,(H,27,31). The zero-order chi connectivity index (χ0) is 25.9. The molecule has 2 aromatic heterocycles. The third-order valence-electron chi connectivity index (χ3n) is 6.23. The Bertz CT molecular complexity index is 1340. The van der Waals surface area contributed by atoms with E-state index in [0.717, 1.165) is 43.9 Å². The molecule has 0 spiro atoms. The van der Waals surface area contributed by atoms with E-state index in [-0.39, 0.29) is 33.6 Å². The van der Waals surface area contributed by atoms with Gasteiger partial charge in [0, 0.05) is 44.4 Å². The number of carbonyl (C=O) groups excluding carboxylic acids is 1. The fourth-order valence-corrected chi connectivity index (χ4v) is 5.66. The highest BCUT2D eigenvalue weighted by Crippen LogP contribution is 2.32. The molecule has 9 nitrogen and oxygen atoms in total. The van der Waals surface area contributed by atoms with E-state index in [4.69, 9.17) is 14.5 Å². The molecule has 4 rings (SSSR count). The van der Waals surface area contributed by atoms with Crippen molar-refractivity contribution in [2.75, 3.05) is 26.4 Å². The molecule has 0 atom stereocenters. The molecule has 0 saturated carbocycles. The SMILES string of the molecule is CC(=O)NCCOc1cc(S(=O)(=O)c2ccc3c(c2)nc(C(C)(C)C)n3CC2CCOCC2)ccn1. The number of pyridine rings is 1. The number of amides is 1. The lowest BCUT2D eigenvalue weighted by Gasteiger charge is -2.26. The quantitative estimate of drug-likeness (QED) is 0.458. The number of ether oxygens (including phenoxy) is 2. The van der Waals surface area contributed by atoms with Gasteiger partial charge in [-0.3, -0.25) is 4.79 Å². The van der Waals surface area contributed by atoms with Gasteiger partial charge in [-0.2, -0.15) is 0 Å². The van der Waals surface area contributed by atoms with Gasteiger partial charge in [0.1, 0.15) is 12.4 Å². The molecule has 1 aliphatic rings. The largest absolute Gasteiger partial charge is 0.476 e. The zero-order valence-electron chi connectivity index (χ0n) is 21.3. The van der Waals surface area contributed by atoms with E-state index < -0.39 is 9.84 Å². The lowest BCUT2D eigenvalue weighted by molar-refractivity contribution is -0.119. The Morgan fingerprint density at radius 2 is 1.89 bits per heavy atom. The van der Waals surface area contributed by atoms with E-state index in [1.165, 1.54) is 25.3 Å². The van der Waals surface area contributed by atoms with Gasteiger partial charge in [-0.25, -0.2) is 18.4 Å². The number of hydrogen-bond acceptors (Lipinski definition) is 7. The van der Waals surface area contributed by atoms with Crippen LogP contribution in [0.2, 0.25) is 0 Å². The molecule has 0 aliphatic carbocycles. The van der Waals surface area contributed by atoms with E-state index >= 15 is 0 Å². The molecule has 3 heterocycles. The van der Waals surface area contributed by atoms with Crippen molar-refractivity contribution in [3.63, 3.8) is 0 Å². The van der Waals surface area contributed by atoms with Crippen LogP contribution in [0.3, 0.4) is 0 Å². The maximum Gasteiger partial charge on any atom is 0.216 e. The van der Waals surface area contributed by atoms with Crippen LogP contribution in [0, 0.1) is 5.92 Å². The van der Waals surface area contributed by atoms with Crippen molar-refractivity contribution in [1.29, 1.82) is 0 Å². The summed E-state index contributed by atoms with van der Waals surface area (Å²) >= 11 is 0. The first-order valence-electron chi connectivity index (χ1n) is 12.2. The maximum absolute atomic E-state index is 13.5. The fourth-order valence-electron chi connectivity index (χ4n) is 4.38. The molecule has 1 fully saturated rings. The summed E-state index contributed by atoms with van der Waals surface area (Å²) in [7, 11) is -3.82. The number of imidazole rings is 1. The summed E-state index contributed by atoms with van der Waals surface area (Å²) in [5, 5.41) is 2.62. The monoisotopic (exact) mass is 514 g/mol. The minimum atomic E-state index is -3.82. The van der Waals surface area contributed by atoms with Gasteiger partial charge in [0.25, 0.3) is 0 Å². The molecule has 10 heteroatoms. The first-order valence-corrected chi connectivity index (χ1v) is 13.7. The average molecular weight is 515 g/mol. The number of rotatable bonds is 8. The summed E-state index contributed by atoms with van der Waals surface area (Å²) in [5.41, 5.74) is 1.40. The second-order valence-electron chi connectivity index (χ2n) is 10.2. The van der Waals surface area contributed by atoms with Crippen LogP contribution in [0.5, 0.6) is 5.88 Å². The molecule has 1 aromatic carbocycles. The first kappa shape index (κ1) is 26.1. The van der Waals surface area contributed by atoms with Gasteiger partial charge in [-0.1, -0.05) is 20.8 Å².